The van der Waals surface area contributed by atoms with Crippen LogP contribution in [0, 0.1) is 17.8 Å². The van der Waals surface area contributed by atoms with Crippen molar-refractivity contribution in [2.75, 3.05) is 0 Å². The number of aliphatic hydroxyl groups is 1. The van der Waals surface area contributed by atoms with Crippen molar-refractivity contribution < 1.29 is 24.2 Å². The molecule has 1 aliphatic heterocycles. The largest absolute Gasteiger partial charge is 0.457 e. The predicted molar refractivity (Wildman–Crippen MR) is 96.7 cm³/mol. The van der Waals surface area contributed by atoms with Gasteiger partial charge in [0, 0.05) is 11.8 Å². The predicted octanol–water partition coefficient (Wildman–Crippen LogP) is 3.33. The number of hydrogen-bond acceptors (Lipinski definition) is 6. The van der Waals surface area contributed by atoms with Gasteiger partial charge in [-0.3, -0.25) is 4.79 Å². The highest BCUT2D eigenvalue weighted by Gasteiger charge is 2.55. The summed E-state index contributed by atoms with van der Waals surface area (Å²) in [6, 6.07) is 3.56. The van der Waals surface area contributed by atoms with Crippen molar-refractivity contribution >= 4 is 23.3 Å². The van der Waals surface area contributed by atoms with E-state index in [9.17, 15) is 14.7 Å². The summed E-state index contributed by atoms with van der Waals surface area (Å²) >= 11 is 1.35. The molecule has 5 nitrogen and oxygen atoms in total. The Morgan fingerprint density at radius 2 is 2.23 bits per heavy atom. The van der Waals surface area contributed by atoms with Crippen LogP contribution < -0.4 is 0 Å². The maximum atomic E-state index is 12.4. The first-order chi connectivity index (χ1) is 12.3. The molecule has 0 aromatic carbocycles. The SMILES string of the molecule is CC1=C2C(C[C@@H]1OC(=O)c1cccs1)[C@](C)(O)CC[C@H]1[C@H](C)C(=O)O[C@H]21. The van der Waals surface area contributed by atoms with Gasteiger partial charge in [0.25, 0.3) is 0 Å². The van der Waals surface area contributed by atoms with E-state index >= 15 is 0 Å². The standard InChI is InChI=1S/C20H24O5S/c1-10-12-6-7-20(3,23)13-9-14(24-19(22)15-5-4-8-26-15)11(2)16(13)17(12)25-18(10)21/h4-5,8,10,12-14,17,23H,6-7,9H2,1-3H3/t10-,12-,13?,14-,17-,20+/m0/s1. The summed E-state index contributed by atoms with van der Waals surface area (Å²) in [5, 5.41) is 12.9. The molecule has 140 valence electrons. The fourth-order valence-electron chi connectivity index (χ4n) is 4.79. The average Bonchev–Trinajstić information content (AvgIpc) is 3.26. The molecular formula is C20H24O5S. The number of carbonyl (C=O) groups is 2. The minimum atomic E-state index is -0.892. The van der Waals surface area contributed by atoms with Crippen LogP contribution in [0.3, 0.4) is 0 Å². The Morgan fingerprint density at radius 3 is 2.92 bits per heavy atom. The summed E-state index contributed by atoms with van der Waals surface area (Å²) in [6.45, 7) is 5.69. The lowest BCUT2D eigenvalue weighted by Gasteiger charge is -2.31. The molecule has 2 fully saturated rings. The lowest BCUT2D eigenvalue weighted by Crippen LogP contribution is -2.35. The second-order valence-electron chi connectivity index (χ2n) is 8.00. The van der Waals surface area contributed by atoms with E-state index in [1.807, 2.05) is 32.2 Å². The van der Waals surface area contributed by atoms with E-state index in [-0.39, 0.29) is 41.9 Å². The molecule has 1 unspecified atom stereocenters. The topological polar surface area (TPSA) is 72.8 Å². The molecule has 0 bridgehead atoms. The van der Waals surface area contributed by atoms with Gasteiger partial charge in [-0.2, -0.15) is 0 Å². The molecule has 1 saturated carbocycles. The summed E-state index contributed by atoms with van der Waals surface area (Å²) in [7, 11) is 0. The van der Waals surface area contributed by atoms with E-state index < -0.39 is 5.60 Å². The maximum Gasteiger partial charge on any atom is 0.348 e. The quantitative estimate of drug-likeness (QED) is 0.633. The highest BCUT2D eigenvalue weighted by molar-refractivity contribution is 7.11. The number of ether oxygens (including phenoxy) is 2. The molecular weight excluding hydrogens is 352 g/mol. The van der Waals surface area contributed by atoms with Gasteiger partial charge in [0.15, 0.2) is 0 Å². The van der Waals surface area contributed by atoms with Crippen LogP contribution in [0.2, 0.25) is 0 Å². The smallest absolute Gasteiger partial charge is 0.348 e. The molecule has 4 rings (SSSR count). The zero-order valence-corrected chi connectivity index (χ0v) is 16.0. The first-order valence-electron chi connectivity index (χ1n) is 9.17. The molecule has 1 aromatic heterocycles. The summed E-state index contributed by atoms with van der Waals surface area (Å²) in [6.07, 6.45) is 1.23. The van der Waals surface area contributed by atoms with Crippen molar-refractivity contribution in [3.8, 4) is 0 Å². The van der Waals surface area contributed by atoms with Crippen molar-refractivity contribution in [2.24, 2.45) is 17.8 Å². The minimum absolute atomic E-state index is 0.0793. The summed E-state index contributed by atoms with van der Waals surface area (Å²) < 4.78 is 11.5. The minimum Gasteiger partial charge on any atom is -0.457 e. The van der Waals surface area contributed by atoms with Crippen LogP contribution in [-0.4, -0.2) is 34.9 Å². The number of esters is 2. The van der Waals surface area contributed by atoms with Gasteiger partial charge in [-0.25, -0.2) is 4.79 Å². The molecule has 26 heavy (non-hydrogen) atoms. The Labute approximate surface area is 157 Å². The lowest BCUT2D eigenvalue weighted by atomic mass is 9.81. The molecule has 1 saturated heterocycles. The van der Waals surface area contributed by atoms with Crippen molar-refractivity contribution in [2.45, 2.75) is 57.8 Å². The monoisotopic (exact) mass is 376 g/mol. The normalized spacial score (nSPS) is 39.2. The Bertz CT molecular complexity index is 763. The van der Waals surface area contributed by atoms with Crippen molar-refractivity contribution in [1.29, 1.82) is 0 Å². The Hall–Kier alpha value is -1.66. The van der Waals surface area contributed by atoms with Crippen molar-refractivity contribution in [3.63, 3.8) is 0 Å². The van der Waals surface area contributed by atoms with Crippen LogP contribution in [0.5, 0.6) is 0 Å². The lowest BCUT2D eigenvalue weighted by molar-refractivity contribution is -0.143. The van der Waals surface area contributed by atoms with Crippen LogP contribution in [0.1, 0.15) is 49.7 Å². The first kappa shape index (κ1) is 17.7. The highest BCUT2D eigenvalue weighted by Crippen LogP contribution is 2.52. The third-order valence-electron chi connectivity index (χ3n) is 6.42. The molecule has 6 heteroatoms. The summed E-state index contributed by atoms with van der Waals surface area (Å²) in [5.74, 6) is -0.746. The molecule has 6 atom stereocenters. The molecule has 1 N–H and O–H groups in total. The second kappa shape index (κ2) is 6.20. The van der Waals surface area contributed by atoms with Crippen LogP contribution in [0.25, 0.3) is 0 Å². The van der Waals surface area contributed by atoms with Crippen LogP contribution in [-0.2, 0) is 14.3 Å². The van der Waals surface area contributed by atoms with Gasteiger partial charge in [0.1, 0.15) is 17.1 Å². The molecule has 0 radical (unpaired) electrons. The van der Waals surface area contributed by atoms with Gasteiger partial charge >= 0.3 is 11.9 Å². The van der Waals surface area contributed by atoms with E-state index in [0.29, 0.717) is 17.7 Å². The maximum absolute atomic E-state index is 12.4. The summed E-state index contributed by atoms with van der Waals surface area (Å²) in [5.41, 5.74) is 1.01. The fraction of sp³-hybridized carbons (Fsp3) is 0.600. The second-order valence-corrected chi connectivity index (χ2v) is 8.95. The van der Waals surface area contributed by atoms with E-state index in [2.05, 4.69) is 0 Å². The number of hydrogen-bond donors (Lipinski definition) is 1. The molecule has 2 aliphatic carbocycles. The number of rotatable bonds is 2. The molecule has 2 heterocycles. The van der Waals surface area contributed by atoms with Crippen LogP contribution >= 0.6 is 11.3 Å². The molecule has 3 aliphatic rings. The van der Waals surface area contributed by atoms with Gasteiger partial charge in [-0.15, -0.1) is 11.3 Å². The number of carbonyl (C=O) groups excluding carboxylic acids is 2. The number of fused-ring (bicyclic) bond motifs is 3. The van der Waals surface area contributed by atoms with Gasteiger partial charge in [0.2, 0.25) is 0 Å². The average molecular weight is 376 g/mol. The van der Waals surface area contributed by atoms with E-state index in [1.165, 1.54) is 11.3 Å². The van der Waals surface area contributed by atoms with Crippen molar-refractivity contribution in [3.05, 3.63) is 33.5 Å². The van der Waals surface area contributed by atoms with Gasteiger partial charge in [-0.05, 0) is 55.7 Å². The van der Waals surface area contributed by atoms with Gasteiger partial charge in [-0.1, -0.05) is 13.0 Å². The van der Waals surface area contributed by atoms with E-state index in [1.54, 1.807) is 6.07 Å². The zero-order chi connectivity index (χ0) is 18.6. The molecule has 1 aromatic rings. The Kier molecular flexibility index (Phi) is 4.23. The Morgan fingerprint density at radius 1 is 1.46 bits per heavy atom. The third kappa shape index (κ3) is 2.70. The van der Waals surface area contributed by atoms with E-state index in [4.69, 9.17) is 9.47 Å². The van der Waals surface area contributed by atoms with E-state index in [0.717, 1.165) is 17.6 Å². The summed E-state index contributed by atoms with van der Waals surface area (Å²) in [4.78, 5) is 25.1. The molecule has 0 amide bonds. The highest BCUT2D eigenvalue weighted by atomic mass is 32.1. The van der Waals surface area contributed by atoms with Gasteiger partial charge < -0.3 is 14.6 Å². The first-order valence-corrected chi connectivity index (χ1v) is 10.1. The zero-order valence-electron chi connectivity index (χ0n) is 15.2. The van der Waals surface area contributed by atoms with Crippen LogP contribution in [0.15, 0.2) is 28.7 Å². The van der Waals surface area contributed by atoms with Gasteiger partial charge in [0.05, 0.1) is 11.5 Å². The Balaban J connectivity index is 1.66. The van der Waals surface area contributed by atoms with Crippen molar-refractivity contribution in [1.82, 2.24) is 0 Å². The third-order valence-corrected chi connectivity index (χ3v) is 7.27. The number of thiophene rings is 1. The van der Waals surface area contributed by atoms with Crippen LogP contribution in [0.4, 0.5) is 0 Å². The molecule has 0 spiro atoms. The fourth-order valence-corrected chi connectivity index (χ4v) is 5.40.